The maximum Gasteiger partial charge on any atom is 0.294 e. The molecule has 0 aromatic heterocycles. The van der Waals surface area contributed by atoms with Gasteiger partial charge in [-0.1, -0.05) is 29.8 Å². The lowest BCUT2D eigenvalue weighted by atomic mass is 9.84. The summed E-state index contributed by atoms with van der Waals surface area (Å²) in [7, 11) is -4.02. The van der Waals surface area contributed by atoms with Crippen LogP contribution < -0.4 is 5.73 Å². The summed E-state index contributed by atoms with van der Waals surface area (Å²) in [4.78, 5) is -0.0666. The minimum absolute atomic E-state index is 0.0666. The summed E-state index contributed by atoms with van der Waals surface area (Å²) in [5.74, 6) is 0.959. The fourth-order valence-electron chi connectivity index (χ4n) is 2.69. The number of allylic oxidation sites excluding steroid dienone is 2. The molecule has 0 atom stereocenters. The fraction of sp³-hybridized carbons (Fsp3) is 0.556. The average molecular weight is 340 g/mol. The SMILES string of the molecule is C/C=C/CC[C@H]1CC[C@H](N)CC1.Cc1ccc(S(=O)(=O)O)cc1. The minimum atomic E-state index is -4.02. The Labute approximate surface area is 140 Å². The van der Waals surface area contributed by atoms with Gasteiger partial charge in [0.15, 0.2) is 0 Å². The molecule has 0 spiro atoms. The van der Waals surface area contributed by atoms with E-state index >= 15 is 0 Å². The van der Waals surface area contributed by atoms with Crippen molar-refractivity contribution in [2.75, 3.05) is 0 Å². The van der Waals surface area contributed by atoms with Gasteiger partial charge < -0.3 is 5.73 Å². The predicted octanol–water partition coefficient (Wildman–Crippen LogP) is 4.10. The van der Waals surface area contributed by atoms with Crippen molar-refractivity contribution in [3.63, 3.8) is 0 Å². The van der Waals surface area contributed by atoms with Crippen LogP contribution in [0.1, 0.15) is 51.0 Å². The summed E-state index contributed by atoms with van der Waals surface area (Å²) in [6.07, 6.45) is 12.3. The Hall–Kier alpha value is -1.17. The molecular weight excluding hydrogens is 310 g/mol. The molecule has 0 amide bonds. The van der Waals surface area contributed by atoms with Crippen LogP contribution in [0.5, 0.6) is 0 Å². The molecule has 4 nitrogen and oxygen atoms in total. The van der Waals surface area contributed by atoms with E-state index in [0.29, 0.717) is 6.04 Å². The van der Waals surface area contributed by atoms with Gasteiger partial charge in [-0.15, -0.1) is 0 Å². The third-order valence-electron chi connectivity index (χ3n) is 4.19. The zero-order valence-electron chi connectivity index (χ0n) is 14.1. The van der Waals surface area contributed by atoms with Crippen molar-refractivity contribution >= 4 is 10.1 Å². The highest BCUT2D eigenvalue weighted by Crippen LogP contribution is 2.26. The highest BCUT2D eigenvalue weighted by Gasteiger charge is 2.17. The lowest BCUT2D eigenvalue weighted by Crippen LogP contribution is -2.26. The smallest absolute Gasteiger partial charge is 0.294 e. The van der Waals surface area contributed by atoms with Crippen LogP contribution >= 0.6 is 0 Å². The van der Waals surface area contributed by atoms with Crippen molar-refractivity contribution in [1.29, 1.82) is 0 Å². The average Bonchev–Trinajstić information content (AvgIpc) is 2.50. The van der Waals surface area contributed by atoms with E-state index in [9.17, 15) is 8.42 Å². The van der Waals surface area contributed by atoms with Crippen LogP contribution in [0.4, 0.5) is 0 Å². The highest BCUT2D eigenvalue weighted by molar-refractivity contribution is 7.85. The number of aryl methyl sites for hydroxylation is 1. The van der Waals surface area contributed by atoms with Crippen LogP contribution in [0.25, 0.3) is 0 Å². The Morgan fingerprint density at radius 2 is 1.74 bits per heavy atom. The normalized spacial score (nSPS) is 21.7. The van der Waals surface area contributed by atoms with E-state index in [-0.39, 0.29) is 4.90 Å². The second-order valence-corrected chi connectivity index (χ2v) is 7.64. The van der Waals surface area contributed by atoms with Crippen LogP contribution in [-0.2, 0) is 10.1 Å². The zero-order chi connectivity index (χ0) is 17.3. The standard InChI is InChI=1S/C11H21N.C7H8O3S/c1-2-3-4-5-10-6-8-11(12)9-7-10;1-6-2-4-7(5-3-6)11(8,9)10/h2-3,10-11H,4-9,12H2,1H3;2-5H,1H3,(H,8,9,10)/b3-2+;/t10-,11-;. The molecule has 23 heavy (non-hydrogen) atoms. The van der Waals surface area contributed by atoms with Gasteiger partial charge in [-0.25, -0.2) is 0 Å². The summed E-state index contributed by atoms with van der Waals surface area (Å²) in [6.45, 7) is 3.94. The topological polar surface area (TPSA) is 80.4 Å². The Bertz CT molecular complexity index is 571. The van der Waals surface area contributed by atoms with Gasteiger partial charge in [0.2, 0.25) is 0 Å². The molecule has 130 valence electrons. The molecule has 0 bridgehead atoms. The van der Waals surface area contributed by atoms with Gasteiger partial charge in [0.1, 0.15) is 0 Å². The number of benzene rings is 1. The summed E-state index contributed by atoms with van der Waals surface area (Å²) in [6, 6.07) is 6.49. The van der Waals surface area contributed by atoms with Crippen LogP contribution in [0.2, 0.25) is 0 Å². The van der Waals surface area contributed by atoms with E-state index in [0.717, 1.165) is 11.5 Å². The Balaban J connectivity index is 0.000000231. The molecule has 0 heterocycles. The molecule has 3 N–H and O–H groups in total. The van der Waals surface area contributed by atoms with Crippen LogP contribution in [0, 0.1) is 12.8 Å². The van der Waals surface area contributed by atoms with Gasteiger partial charge in [0.25, 0.3) is 10.1 Å². The van der Waals surface area contributed by atoms with Gasteiger partial charge in [-0.3, -0.25) is 4.55 Å². The molecule has 0 saturated heterocycles. The number of nitrogens with two attached hydrogens (primary N) is 1. The van der Waals surface area contributed by atoms with E-state index in [1.165, 1.54) is 50.7 Å². The van der Waals surface area contributed by atoms with E-state index in [1.54, 1.807) is 12.1 Å². The molecule has 1 aromatic carbocycles. The summed E-state index contributed by atoms with van der Waals surface area (Å²) >= 11 is 0. The maximum absolute atomic E-state index is 10.5. The molecule has 1 saturated carbocycles. The molecule has 1 fully saturated rings. The van der Waals surface area contributed by atoms with E-state index < -0.39 is 10.1 Å². The monoisotopic (exact) mass is 339 g/mol. The lowest BCUT2D eigenvalue weighted by Gasteiger charge is -2.25. The quantitative estimate of drug-likeness (QED) is 0.639. The molecule has 5 heteroatoms. The van der Waals surface area contributed by atoms with E-state index in [4.69, 9.17) is 10.3 Å². The van der Waals surface area contributed by atoms with Crippen LogP contribution in [0.3, 0.4) is 0 Å². The third kappa shape index (κ3) is 8.30. The van der Waals surface area contributed by atoms with E-state index in [1.807, 2.05) is 6.92 Å². The van der Waals surface area contributed by atoms with Crippen molar-refractivity contribution in [3.8, 4) is 0 Å². The molecular formula is C18H29NO3S. The molecule has 1 aliphatic carbocycles. The Morgan fingerprint density at radius 3 is 2.22 bits per heavy atom. The molecule has 2 rings (SSSR count). The molecule has 0 aliphatic heterocycles. The molecule has 1 aromatic rings. The predicted molar refractivity (Wildman–Crippen MR) is 95.0 cm³/mol. The Kier molecular flexibility index (Phi) is 8.52. The number of rotatable bonds is 4. The number of hydrogen-bond donors (Lipinski definition) is 2. The molecule has 0 unspecified atom stereocenters. The van der Waals surface area contributed by atoms with Crippen LogP contribution in [-0.4, -0.2) is 19.0 Å². The molecule has 0 radical (unpaired) electrons. The number of hydrogen-bond acceptors (Lipinski definition) is 3. The summed E-state index contributed by atoms with van der Waals surface area (Å²) in [5.41, 5.74) is 6.79. The lowest BCUT2D eigenvalue weighted by molar-refractivity contribution is 0.312. The first-order valence-electron chi connectivity index (χ1n) is 8.23. The van der Waals surface area contributed by atoms with Crippen molar-refractivity contribution < 1.29 is 13.0 Å². The fourth-order valence-corrected chi connectivity index (χ4v) is 3.17. The maximum atomic E-state index is 10.5. The Morgan fingerprint density at radius 1 is 1.17 bits per heavy atom. The van der Waals surface area contributed by atoms with Crippen molar-refractivity contribution in [2.24, 2.45) is 11.7 Å². The summed E-state index contributed by atoms with van der Waals surface area (Å²) in [5, 5.41) is 0. The largest absolute Gasteiger partial charge is 0.328 e. The zero-order valence-corrected chi connectivity index (χ0v) is 14.9. The van der Waals surface area contributed by atoms with Gasteiger partial charge in [0.05, 0.1) is 4.90 Å². The van der Waals surface area contributed by atoms with Gasteiger partial charge in [-0.05, 0) is 70.4 Å². The van der Waals surface area contributed by atoms with Crippen molar-refractivity contribution in [1.82, 2.24) is 0 Å². The molecule has 1 aliphatic rings. The van der Waals surface area contributed by atoms with Crippen molar-refractivity contribution in [2.45, 2.75) is 63.3 Å². The van der Waals surface area contributed by atoms with E-state index in [2.05, 4.69) is 19.1 Å². The first-order valence-corrected chi connectivity index (χ1v) is 9.67. The summed E-state index contributed by atoms with van der Waals surface area (Å²) < 4.78 is 29.6. The second kappa shape index (κ2) is 9.85. The first kappa shape index (κ1) is 19.9. The first-order chi connectivity index (χ1) is 10.8. The second-order valence-electron chi connectivity index (χ2n) is 6.22. The van der Waals surface area contributed by atoms with Crippen molar-refractivity contribution in [3.05, 3.63) is 42.0 Å². The third-order valence-corrected chi connectivity index (χ3v) is 5.06. The highest BCUT2D eigenvalue weighted by atomic mass is 32.2. The van der Waals surface area contributed by atoms with Gasteiger partial charge in [0, 0.05) is 6.04 Å². The van der Waals surface area contributed by atoms with Crippen LogP contribution in [0.15, 0.2) is 41.3 Å². The van der Waals surface area contributed by atoms with Gasteiger partial charge in [-0.2, -0.15) is 8.42 Å². The minimum Gasteiger partial charge on any atom is -0.328 e. The van der Waals surface area contributed by atoms with Gasteiger partial charge >= 0.3 is 0 Å².